The number of halogens is 3. The normalized spacial score (nSPS) is 11.2. The second kappa shape index (κ2) is 8.05. The van der Waals surface area contributed by atoms with Crippen LogP contribution in [0.1, 0.15) is 16.8 Å². The lowest BCUT2D eigenvalue weighted by atomic mass is 10.1. The second-order valence-electron chi connectivity index (χ2n) is 4.81. The predicted molar refractivity (Wildman–Crippen MR) is 101 cm³/mol. The van der Waals surface area contributed by atoms with Crippen LogP contribution < -0.4 is 4.72 Å². The Morgan fingerprint density at radius 3 is 2.38 bits per heavy atom. The molecule has 0 spiro atoms. The molecule has 0 saturated heterocycles. The van der Waals surface area contributed by atoms with Crippen molar-refractivity contribution in [3.8, 4) is 0 Å². The van der Waals surface area contributed by atoms with E-state index in [9.17, 15) is 22.8 Å². The molecule has 0 aliphatic heterocycles. The summed E-state index contributed by atoms with van der Waals surface area (Å²) in [7, 11) is -4.11. The van der Waals surface area contributed by atoms with Gasteiger partial charge < -0.3 is 5.11 Å². The van der Waals surface area contributed by atoms with E-state index < -0.39 is 34.0 Å². The van der Waals surface area contributed by atoms with Crippen LogP contribution in [0, 0.1) is 0 Å². The maximum Gasteiger partial charge on any atom is 0.372 e. The van der Waals surface area contributed by atoms with E-state index in [0.29, 0.717) is 0 Å². The van der Waals surface area contributed by atoms with Crippen LogP contribution in [0.3, 0.4) is 0 Å². The third-order valence-corrected chi connectivity index (χ3v) is 7.84. The number of carbonyl (C=O) groups excluding carboxylic acids is 2. The van der Waals surface area contributed by atoms with Crippen molar-refractivity contribution < 1.29 is 27.9 Å². The van der Waals surface area contributed by atoms with E-state index >= 15 is 0 Å². The topological polar surface area (TPSA) is 118 Å². The zero-order valence-electron chi connectivity index (χ0n) is 12.5. The van der Waals surface area contributed by atoms with Crippen molar-refractivity contribution in [2.24, 2.45) is 0 Å². The Labute approximate surface area is 170 Å². The highest BCUT2D eigenvalue weighted by Gasteiger charge is 2.26. The summed E-state index contributed by atoms with van der Waals surface area (Å²) in [5.74, 6) is -3.73. The summed E-state index contributed by atoms with van der Waals surface area (Å²) >= 11 is 15.7. The van der Waals surface area contributed by atoms with Gasteiger partial charge in [-0.25, -0.2) is 13.2 Å². The number of hydrogen-bond acceptors (Lipinski definition) is 6. The van der Waals surface area contributed by atoms with Crippen LogP contribution in [0.15, 0.2) is 33.6 Å². The van der Waals surface area contributed by atoms with Gasteiger partial charge in [0.1, 0.15) is 13.6 Å². The Balaban J connectivity index is 2.29. The first-order valence-corrected chi connectivity index (χ1v) is 10.4. The van der Waals surface area contributed by atoms with Crippen LogP contribution in [0.5, 0.6) is 0 Å². The predicted octanol–water partition coefficient (Wildman–Crippen LogP) is 3.84. The van der Waals surface area contributed by atoms with E-state index in [1.807, 2.05) is 0 Å². The van der Waals surface area contributed by atoms with Gasteiger partial charge >= 0.3 is 5.97 Å². The molecular weight excluding hydrogens is 493 g/mol. The number of benzene rings is 1. The molecule has 138 valence electrons. The van der Waals surface area contributed by atoms with E-state index in [0.717, 1.165) is 11.3 Å². The van der Waals surface area contributed by atoms with Crippen molar-refractivity contribution in [2.45, 2.75) is 11.3 Å². The fraction of sp³-hybridized carbons (Fsp3) is 0.0714. The number of rotatable bonds is 7. The van der Waals surface area contributed by atoms with Gasteiger partial charge in [0, 0.05) is 11.3 Å². The van der Waals surface area contributed by atoms with Crippen LogP contribution in [-0.4, -0.2) is 31.1 Å². The third kappa shape index (κ3) is 4.63. The van der Waals surface area contributed by atoms with Gasteiger partial charge in [-0.15, -0.1) is 11.3 Å². The van der Waals surface area contributed by atoms with Gasteiger partial charge in [-0.05, 0) is 28.1 Å². The van der Waals surface area contributed by atoms with Crippen LogP contribution in [0.2, 0.25) is 8.67 Å². The Morgan fingerprint density at radius 2 is 1.85 bits per heavy atom. The molecule has 1 aromatic heterocycles. The second-order valence-corrected chi connectivity index (χ2v) is 9.44. The van der Waals surface area contributed by atoms with Gasteiger partial charge in [-0.2, -0.15) is 0 Å². The van der Waals surface area contributed by atoms with Gasteiger partial charge in [-0.3, -0.25) is 14.3 Å². The van der Waals surface area contributed by atoms with Crippen LogP contribution in [0.25, 0.3) is 0 Å². The van der Waals surface area contributed by atoms with E-state index in [1.54, 1.807) is 0 Å². The molecule has 2 N–H and O–H groups in total. The van der Waals surface area contributed by atoms with Gasteiger partial charge in [0.15, 0.2) is 5.78 Å². The summed E-state index contributed by atoms with van der Waals surface area (Å²) in [5.41, 5.74) is 0.0113. The first-order chi connectivity index (χ1) is 12.0. The molecule has 0 unspecified atom stereocenters. The summed E-state index contributed by atoms with van der Waals surface area (Å²) < 4.78 is 27.5. The highest BCUT2D eigenvalue weighted by molar-refractivity contribution is 9.10. The maximum atomic E-state index is 12.5. The number of carboxylic acid groups (broad SMARTS) is 1. The molecule has 0 aliphatic rings. The molecule has 0 atom stereocenters. The molecule has 0 bridgehead atoms. The molecule has 26 heavy (non-hydrogen) atoms. The summed E-state index contributed by atoms with van der Waals surface area (Å²) in [5, 5.41) is 8.55. The Hall–Kier alpha value is -1.46. The first kappa shape index (κ1) is 20.8. The number of aliphatic carboxylic acids is 1. The van der Waals surface area contributed by atoms with Crippen molar-refractivity contribution in [3.05, 3.63) is 43.0 Å². The minimum atomic E-state index is -4.11. The largest absolute Gasteiger partial charge is 0.475 e. The number of sulfonamides is 1. The maximum absolute atomic E-state index is 12.5. The zero-order valence-corrected chi connectivity index (χ0v) is 17.2. The average molecular weight is 501 g/mol. The number of carboxylic acids is 1. The van der Waals surface area contributed by atoms with Crippen LogP contribution in [0.4, 0.5) is 5.69 Å². The van der Waals surface area contributed by atoms with E-state index in [-0.39, 0.29) is 29.3 Å². The minimum absolute atomic E-state index is 0.0201. The van der Waals surface area contributed by atoms with E-state index in [1.165, 1.54) is 24.3 Å². The molecule has 0 radical (unpaired) electrons. The fourth-order valence-corrected chi connectivity index (χ4v) is 6.46. The molecule has 2 rings (SSSR count). The zero-order chi connectivity index (χ0) is 19.6. The van der Waals surface area contributed by atoms with Crippen molar-refractivity contribution in [1.82, 2.24) is 0 Å². The quantitative estimate of drug-likeness (QED) is 0.338. The SMILES string of the molecule is O=C(O)C(=O)CC(=O)c1cccc(NS(=O)(=O)c2c(Cl)sc(Cl)c2Br)c1. The lowest BCUT2D eigenvalue weighted by molar-refractivity contribution is -0.148. The van der Waals surface area contributed by atoms with Crippen LogP contribution >= 0.6 is 50.5 Å². The highest BCUT2D eigenvalue weighted by atomic mass is 79.9. The van der Waals surface area contributed by atoms with Gasteiger partial charge in [0.05, 0.1) is 10.9 Å². The Bertz CT molecular complexity index is 1020. The summed E-state index contributed by atoms with van der Waals surface area (Å²) in [4.78, 5) is 33.4. The molecule has 0 aliphatic carbocycles. The molecule has 0 fully saturated rings. The molecule has 2 aromatic rings. The lowest BCUT2D eigenvalue weighted by Gasteiger charge is -2.09. The first-order valence-electron chi connectivity index (χ1n) is 6.58. The lowest BCUT2D eigenvalue weighted by Crippen LogP contribution is -2.17. The molecule has 1 aromatic carbocycles. The van der Waals surface area contributed by atoms with E-state index in [4.69, 9.17) is 28.3 Å². The standard InChI is InChI=1S/C14H8BrCl2NO6S2/c15-10-11(13(17)25-12(10)16)26(23,24)18-7-3-1-2-6(4-7)8(19)5-9(20)14(21)22/h1-4,18H,5H2,(H,21,22). The molecule has 1 heterocycles. The molecule has 7 nitrogen and oxygen atoms in total. The van der Waals surface area contributed by atoms with E-state index in [2.05, 4.69) is 20.7 Å². The molecule has 0 amide bonds. The Kier molecular flexibility index (Phi) is 6.46. The Morgan fingerprint density at radius 1 is 1.19 bits per heavy atom. The summed E-state index contributed by atoms with van der Waals surface area (Å²) in [6.45, 7) is 0. The van der Waals surface area contributed by atoms with Crippen molar-refractivity contribution in [1.29, 1.82) is 0 Å². The number of carbonyl (C=O) groups is 3. The summed E-state index contributed by atoms with van der Waals surface area (Å²) in [6.07, 6.45) is -0.830. The number of nitrogens with one attached hydrogen (secondary N) is 1. The van der Waals surface area contributed by atoms with Crippen molar-refractivity contribution >= 4 is 83.7 Å². The third-order valence-electron chi connectivity index (χ3n) is 2.99. The van der Waals surface area contributed by atoms with Gasteiger partial charge in [-0.1, -0.05) is 35.3 Å². The number of ketones is 2. The smallest absolute Gasteiger partial charge is 0.372 e. The number of Topliss-reactive ketones (excluding diaryl/α,β-unsaturated/α-hetero) is 2. The molecule has 12 heteroatoms. The number of thiophene rings is 1. The summed E-state index contributed by atoms with van der Waals surface area (Å²) in [6, 6.07) is 5.28. The monoisotopic (exact) mass is 499 g/mol. The van der Waals surface area contributed by atoms with Gasteiger partial charge in [0.2, 0.25) is 5.78 Å². The fourth-order valence-electron chi connectivity index (χ4n) is 1.85. The van der Waals surface area contributed by atoms with Crippen molar-refractivity contribution in [3.63, 3.8) is 0 Å². The highest BCUT2D eigenvalue weighted by Crippen LogP contribution is 2.43. The minimum Gasteiger partial charge on any atom is -0.475 e. The average Bonchev–Trinajstić information content (AvgIpc) is 2.80. The number of anilines is 1. The molecular formula is C14H8BrCl2NO6S2. The molecule has 0 saturated carbocycles. The van der Waals surface area contributed by atoms with Crippen LogP contribution in [-0.2, 0) is 19.6 Å². The van der Waals surface area contributed by atoms with Crippen molar-refractivity contribution in [2.75, 3.05) is 4.72 Å². The number of hydrogen-bond donors (Lipinski definition) is 2. The van der Waals surface area contributed by atoms with Gasteiger partial charge in [0.25, 0.3) is 10.0 Å².